The Balaban J connectivity index is 1.22. The number of hydrogen-bond donors (Lipinski definition) is 1. The fraction of sp³-hybridized carbons (Fsp3) is 0.607. The van der Waals surface area contributed by atoms with Crippen LogP contribution >= 0.6 is 11.8 Å². The van der Waals surface area contributed by atoms with Crippen molar-refractivity contribution in [2.45, 2.75) is 102 Å². The highest BCUT2D eigenvalue weighted by atomic mass is 32.2. The van der Waals surface area contributed by atoms with Crippen LogP contribution in [-0.4, -0.2) is 11.7 Å². The maximum absolute atomic E-state index is 12.5. The van der Waals surface area contributed by atoms with Crippen molar-refractivity contribution in [1.82, 2.24) is 5.32 Å². The first-order valence-corrected chi connectivity index (χ1v) is 13.8. The molecule has 1 aliphatic heterocycles. The number of benzene rings is 2. The first-order chi connectivity index (χ1) is 15.3. The third-order valence-corrected chi connectivity index (χ3v) is 7.74. The molecule has 1 aliphatic rings. The fourth-order valence-electron chi connectivity index (χ4n) is 4.66. The van der Waals surface area contributed by atoms with E-state index >= 15 is 0 Å². The molecule has 31 heavy (non-hydrogen) atoms. The molecule has 0 aliphatic carbocycles. The molecule has 0 saturated heterocycles. The van der Waals surface area contributed by atoms with Crippen LogP contribution in [-0.2, 0) is 0 Å². The molecule has 170 valence electrons. The van der Waals surface area contributed by atoms with Gasteiger partial charge in [0, 0.05) is 0 Å². The highest BCUT2D eigenvalue weighted by Gasteiger charge is 2.30. The fourth-order valence-corrected chi connectivity index (χ4v) is 5.83. The summed E-state index contributed by atoms with van der Waals surface area (Å²) in [5.74, 6) is 1.21. The molecule has 1 amide bonds. The minimum atomic E-state index is 0.0882. The Bertz CT molecular complexity index is 803. The van der Waals surface area contributed by atoms with E-state index < -0.39 is 0 Å². The van der Waals surface area contributed by atoms with Crippen molar-refractivity contribution in [3.05, 3.63) is 47.5 Å². The SMILES string of the molecule is CCCCCCCCCCCCCCCCSC1NC(=O)c2c1ccc1ccccc21. The smallest absolute Gasteiger partial charge is 0.253 e. The Hall–Kier alpha value is -1.48. The molecule has 0 fully saturated rings. The third-order valence-electron chi connectivity index (χ3n) is 6.52. The molecule has 1 atom stereocenters. The van der Waals surface area contributed by atoms with Crippen molar-refractivity contribution in [2.24, 2.45) is 0 Å². The number of thioether (sulfide) groups is 1. The lowest BCUT2D eigenvalue weighted by Gasteiger charge is -2.11. The molecular formula is C28H41NOS. The maximum Gasteiger partial charge on any atom is 0.253 e. The number of unbranched alkanes of at least 4 members (excludes halogenated alkanes) is 13. The molecule has 2 nitrogen and oxygen atoms in total. The van der Waals surface area contributed by atoms with E-state index in [-0.39, 0.29) is 11.3 Å². The molecule has 0 radical (unpaired) electrons. The lowest BCUT2D eigenvalue weighted by molar-refractivity contribution is 0.0966. The van der Waals surface area contributed by atoms with Gasteiger partial charge in [0.15, 0.2) is 0 Å². The van der Waals surface area contributed by atoms with Crippen LogP contribution in [0.4, 0.5) is 0 Å². The van der Waals surface area contributed by atoms with E-state index in [1.165, 1.54) is 95.5 Å². The number of fused-ring (bicyclic) bond motifs is 3. The van der Waals surface area contributed by atoms with Gasteiger partial charge in [-0.1, -0.05) is 127 Å². The van der Waals surface area contributed by atoms with Crippen molar-refractivity contribution >= 4 is 28.4 Å². The van der Waals surface area contributed by atoms with E-state index in [9.17, 15) is 4.79 Å². The lowest BCUT2D eigenvalue weighted by Crippen LogP contribution is -2.17. The van der Waals surface area contributed by atoms with Crippen LogP contribution in [0.3, 0.4) is 0 Å². The van der Waals surface area contributed by atoms with Gasteiger partial charge < -0.3 is 5.32 Å². The predicted molar refractivity (Wildman–Crippen MR) is 137 cm³/mol. The number of nitrogens with one attached hydrogen (secondary N) is 1. The Morgan fingerprint density at radius 1 is 0.742 bits per heavy atom. The zero-order chi connectivity index (χ0) is 21.7. The second kappa shape index (κ2) is 13.8. The van der Waals surface area contributed by atoms with Crippen LogP contribution in [0.2, 0.25) is 0 Å². The van der Waals surface area contributed by atoms with E-state index in [0.717, 1.165) is 22.1 Å². The second-order valence-electron chi connectivity index (χ2n) is 9.07. The summed E-state index contributed by atoms with van der Waals surface area (Å²) in [4.78, 5) is 12.5. The zero-order valence-corrected chi connectivity index (χ0v) is 20.3. The quantitative estimate of drug-likeness (QED) is 0.265. The van der Waals surface area contributed by atoms with Crippen LogP contribution in [0.1, 0.15) is 118 Å². The van der Waals surface area contributed by atoms with Gasteiger partial charge in [0.1, 0.15) is 5.37 Å². The van der Waals surface area contributed by atoms with Crippen molar-refractivity contribution < 1.29 is 4.79 Å². The average Bonchev–Trinajstić information content (AvgIpc) is 3.12. The maximum atomic E-state index is 12.5. The highest BCUT2D eigenvalue weighted by Crippen LogP contribution is 2.38. The van der Waals surface area contributed by atoms with Crippen LogP contribution in [0.25, 0.3) is 10.8 Å². The molecule has 2 aromatic rings. The first kappa shape index (κ1) is 24.2. The van der Waals surface area contributed by atoms with Gasteiger partial charge in [0.05, 0.1) is 5.56 Å². The predicted octanol–water partition coefficient (Wildman–Crippen LogP) is 8.80. The van der Waals surface area contributed by atoms with E-state index in [1.54, 1.807) is 0 Å². The van der Waals surface area contributed by atoms with E-state index in [4.69, 9.17) is 0 Å². The summed E-state index contributed by atoms with van der Waals surface area (Å²) in [6.45, 7) is 2.29. The van der Waals surface area contributed by atoms with Gasteiger partial charge >= 0.3 is 0 Å². The van der Waals surface area contributed by atoms with Crippen molar-refractivity contribution in [3.63, 3.8) is 0 Å². The summed E-state index contributed by atoms with van der Waals surface area (Å²) in [6.07, 6.45) is 19.5. The highest BCUT2D eigenvalue weighted by molar-refractivity contribution is 7.99. The summed E-state index contributed by atoms with van der Waals surface area (Å²) in [6, 6.07) is 12.5. The Labute approximate surface area is 194 Å². The average molecular weight is 440 g/mol. The molecule has 0 spiro atoms. The van der Waals surface area contributed by atoms with Crippen molar-refractivity contribution in [1.29, 1.82) is 0 Å². The number of carbonyl (C=O) groups excluding carboxylic acids is 1. The Morgan fingerprint density at radius 2 is 1.32 bits per heavy atom. The topological polar surface area (TPSA) is 29.1 Å². The molecule has 1 unspecified atom stereocenters. The van der Waals surface area contributed by atoms with Crippen LogP contribution < -0.4 is 5.32 Å². The largest absolute Gasteiger partial charge is 0.336 e. The summed E-state index contributed by atoms with van der Waals surface area (Å²) in [5, 5.41) is 5.53. The minimum absolute atomic E-state index is 0.0882. The van der Waals surface area contributed by atoms with Crippen LogP contribution in [0, 0.1) is 0 Å². The molecule has 0 aromatic heterocycles. The molecule has 1 N–H and O–H groups in total. The number of hydrogen-bond acceptors (Lipinski definition) is 2. The van der Waals surface area contributed by atoms with Gasteiger partial charge in [-0.3, -0.25) is 4.79 Å². The number of rotatable bonds is 16. The van der Waals surface area contributed by atoms with Crippen molar-refractivity contribution in [3.8, 4) is 0 Å². The molecule has 0 saturated carbocycles. The lowest BCUT2D eigenvalue weighted by atomic mass is 10.0. The number of carbonyl (C=O) groups is 1. The van der Waals surface area contributed by atoms with Gasteiger partial charge in [-0.25, -0.2) is 0 Å². The second-order valence-corrected chi connectivity index (χ2v) is 10.3. The van der Waals surface area contributed by atoms with Gasteiger partial charge in [-0.15, -0.1) is 11.8 Å². The Morgan fingerprint density at radius 3 is 1.97 bits per heavy atom. The molecule has 0 bridgehead atoms. The summed E-state index contributed by atoms with van der Waals surface area (Å²) >= 11 is 1.89. The minimum Gasteiger partial charge on any atom is -0.336 e. The third kappa shape index (κ3) is 7.56. The molecule has 2 aromatic carbocycles. The number of amides is 1. The van der Waals surface area contributed by atoms with E-state index in [1.807, 2.05) is 23.9 Å². The Kier molecular flexibility index (Phi) is 10.8. The standard InChI is InChI=1S/C28H41NOS/c1-2-3-4-5-6-7-8-9-10-11-12-13-14-17-22-31-28-25-21-20-23-18-15-16-19-24(23)26(25)27(30)29-28/h15-16,18-21,28H,2-14,17,22H2,1H3,(H,29,30). The molecule has 3 heteroatoms. The first-order valence-electron chi connectivity index (χ1n) is 12.8. The van der Waals surface area contributed by atoms with E-state index in [2.05, 4.69) is 36.5 Å². The summed E-state index contributed by atoms with van der Waals surface area (Å²) < 4.78 is 0. The van der Waals surface area contributed by atoms with E-state index in [0.29, 0.717) is 0 Å². The van der Waals surface area contributed by atoms with Crippen LogP contribution in [0.15, 0.2) is 36.4 Å². The van der Waals surface area contributed by atoms with Gasteiger partial charge in [-0.2, -0.15) is 0 Å². The van der Waals surface area contributed by atoms with Gasteiger partial charge in [-0.05, 0) is 28.5 Å². The van der Waals surface area contributed by atoms with Crippen LogP contribution in [0.5, 0.6) is 0 Å². The normalized spacial score (nSPS) is 15.4. The van der Waals surface area contributed by atoms with Gasteiger partial charge in [0.25, 0.3) is 5.91 Å². The monoisotopic (exact) mass is 439 g/mol. The zero-order valence-electron chi connectivity index (χ0n) is 19.5. The molecule has 1 heterocycles. The van der Waals surface area contributed by atoms with Crippen molar-refractivity contribution in [2.75, 3.05) is 5.75 Å². The summed E-state index contributed by atoms with van der Waals surface area (Å²) in [7, 11) is 0. The molecular weight excluding hydrogens is 398 g/mol. The summed E-state index contributed by atoms with van der Waals surface area (Å²) in [5.41, 5.74) is 2.05. The van der Waals surface area contributed by atoms with Gasteiger partial charge in [0.2, 0.25) is 0 Å². The molecule has 3 rings (SSSR count).